The number of nitrogens with one attached hydrogen (secondary N) is 2. The molecule has 3 aromatic heterocycles. The smallest absolute Gasteiger partial charge is 0.284 e. The van der Waals surface area contributed by atoms with Crippen LogP contribution in [-0.2, 0) is 29.1 Å². The molecule has 21 nitrogen and oxygen atoms in total. The molecule has 3 saturated heterocycles. The molecule has 68 heavy (non-hydrogen) atoms. The molecular formula is C44H53F2N11O10S. The highest BCUT2D eigenvalue weighted by Gasteiger charge is 2.47. The molecule has 4 aliphatic heterocycles. The third-order valence-electron chi connectivity index (χ3n) is 13.7. The van der Waals surface area contributed by atoms with Crippen molar-refractivity contribution in [1.82, 2.24) is 38.5 Å². The van der Waals surface area contributed by atoms with Crippen molar-refractivity contribution in [2.45, 2.75) is 94.7 Å². The largest absolute Gasteiger partial charge is 0.384 e. The fourth-order valence-corrected chi connectivity index (χ4v) is 11.1. The minimum Gasteiger partial charge on any atom is -0.384 e. The number of benzene rings is 1. The second-order valence-electron chi connectivity index (χ2n) is 17.9. The van der Waals surface area contributed by atoms with Crippen molar-refractivity contribution >= 4 is 62.4 Å². The molecule has 5 aliphatic rings. The summed E-state index contributed by atoms with van der Waals surface area (Å²) >= 11 is 0. The van der Waals surface area contributed by atoms with Gasteiger partial charge in [-0.1, -0.05) is 6.07 Å². The maximum Gasteiger partial charge on any atom is 0.284 e. The fraction of sp³-hybridized carbons (Fsp3) is 0.545. The zero-order chi connectivity index (χ0) is 48.0. The maximum atomic E-state index is 14.3. The fourth-order valence-electron chi connectivity index (χ4n) is 9.88. The van der Waals surface area contributed by atoms with Crippen molar-refractivity contribution in [3.05, 3.63) is 65.2 Å². The number of amides is 5. The molecule has 1 aromatic carbocycles. The molecule has 4 aromatic rings. The van der Waals surface area contributed by atoms with E-state index in [0.29, 0.717) is 63.3 Å². The lowest BCUT2D eigenvalue weighted by Gasteiger charge is -2.39. The number of carbonyl (C=O) groups is 5. The molecule has 2 unspecified atom stereocenters. The van der Waals surface area contributed by atoms with E-state index in [4.69, 9.17) is 9.47 Å². The molecule has 4 fully saturated rings. The number of fused-ring (bicyclic) bond motifs is 4. The number of ether oxygens (including phenoxy) is 2. The Kier molecular flexibility index (Phi) is 13.2. The Hall–Kier alpha value is -6.11. The van der Waals surface area contributed by atoms with Gasteiger partial charge in [-0.15, -0.1) is 0 Å². The third kappa shape index (κ3) is 9.00. The van der Waals surface area contributed by atoms with Crippen LogP contribution in [0, 0.1) is 5.92 Å². The summed E-state index contributed by atoms with van der Waals surface area (Å²) in [5, 5.41) is 24.8. The van der Waals surface area contributed by atoms with Gasteiger partial charge in [-0.25, -0.2) is 31.0 Å². The van der Waals surface area contributed by atoms with Crippen LogP contribution < -0.4 is 15.5 Å². The predicted molar refractivity (Wildman–Crippen MR) is 238 cm³/mol. The minimum absolute atomic E-state index is 0.0980. The Morgan fingerprint density at radius 3 is 2.54 bits per heavy atom. The van der Waals surface area contributed by atoms with E-state index in [1.54, 1.807) is 24.4 Å². The lowest BCUT2D eigenvalue weighted by atomic mass is 9.85. The molecule has 4 atom stereocenters. The van der Waals surface area contributed by atoms with Gasteiger partial charge in [0, 0.05) is 70.8 Å². The summed E-state index contributed by atoms with van der Waals surface area (Å²) < 4.78 is 69.9. The second kappa shape index (κ2) is 19.1. The Morgan fingerprint density at radius 2 is 1.81 bits per heavy atom. The molecule has 364 valence electrons. The van der Waals surface area contributed by atoms with Crippen molar-refractivity contribution in [1.29, 1.82) is 0 Å². The zero-order valence-electron chi connectivity index (χ0n) is 37.5. The number of likely N-dealkylation sites (tertiary alicyclic amines) is 1. The average Bonchev–Trinajstić information content (AvgIpc) is 4.19. The molecule has 7 heterocycles. The number of alkyl halides is 2. The summed E-state index contributed by atoms with van der Waals surface area (Å²) in [7, 11) is -1.32. The molecule has 0 spiro atoms. The van der Waals surface area contributed by atoms with E-state index in [9.17, 15) is 46.3 Å². The van der Waals surface area contributed by atoms with Crippen LogP contribution in [0.25, 0.3) is 5.65 Å². The van der Waals surface area contributed by atoms with E-state index in [-0.39, 0.29) is 90.3 Å². The van der Waals surface area contributed by atoms with Crippen LogP contribution in [0.5, 0.6) is 0 Å². The Balaban J connectivity index is 0.710. The maximum absolute atomic E-state index is 14.3. The first-order chi connectivity index (χ1) is 32.6. The zero-order valence-corrected chi connectivity index (χ0v) is 38.3. The highest BCUT2D eigenvalue weighted by Crippen LogP contribution is 2.38. The molecule has 0 radical (unpaired) electrons. The summed E-state index contributed by atoms with van der Waals surface area (Å²) in [5.41, 5.74) is 0.437. The average molecular weight is 966 g/mol. The second-order valence-corrected chi connectivity index (χ2v) is 20.0. The number of halogens is 2. The van der Waals surface area contributed by atoms with Crippen molar-refractivity contribution < 1.29 is 55.8 Å². The van der Waals surface area contributed by atoms with Crippen LogP contribution in [0.4, 0.5) is 26.0 Å². The number of carbonyl (C=O) groups excluding carboxylic acids is 5. The van der Waals surface area contributed by atoms with Crippen molar-refractivity contribution in [2.24, 2.45) is 5.92 Å². The Bertz CT molecular complexity index is 2730. The van der Waals surface area contributed by atoms with Gasteiger partial charge in [0.05, 0.1) is 59.6 Å². The predicted octanol–water partition coefficient (Wildman–Crippen LogP) is 3.06. The Morgan fingerprint density at radius 1 is 1.03 bits per heavy atom. The van der Waals surface area contributed by atoms with Crippen LogP contribution in [0.2, 0.25) is 0 Å². The summed E-state index contributed by atoms with van der Waals surface area (Å²) in [4.78, 5) is 74.6. The van der Waals surface area contributed by atoms with Crippen LogP contribution >= 0.6 is 0 Å². The standard InChI is InChI=1S/C44H53F2N11O10S/c1-52-35(58)13-12-33(43(52)62)57-42(61)29-6-3-7-31(36(29)44(57)63)47-15-4-17-66-18-5-19-68(64,65)53(2)41(60)25-8-10-26(11-9-25)56-23-32(37(51-56)38(45)46)49-40(59)30-21-48-55-16-14-34(50-39(30)55)54-22-28-20-27(54)24-67-28/h3,6-7,14,16,21,23,25-28,33,38,43,47,62H,4-5,8-13,15,17-20,22,24H2,1-2H3,(H,49,59)/t25-,26-,27-,28-,33?,43?/m1/s1. The first kappa shape index (κ1) is 47.0. The number of hydrogen-bond acceptors (Lipinski definition) is 15. The molecule has 3 N–H and O–H groups in total. The van der Waals surface area contributed by atoms with E-state index in [1.807, 2.05) is 6.07 Å². The number of aromatic nitrogens is 5. The van der Waals surface area contributed by atoms with E-state index in [0.717, 1.165) is 20.5 Å². The van der Waals surface area contributed by atoms with Gasteiger partial charge in [0.15, 0.2) is 11.3 Å². The van der Waals surface area contributed by atoms with Gasteiger partial charge in [0.2, 0.25) is 21.8 Å². The summed E-state index contributed by atoms with van der Waals surface area (Å²) in [6.45, 7) is 2.01. The summed E-state index contributed by atoms with van der Waals surface area (Å²) in [5.74, 6) is -2.87. The van der Waals surface area contributed by atoms with Crippen molar-refractivity contribution in [2.75, 3.05) is 68.3 Å². The quantitative estimate of drug-likeness (QED) is 0.102. The van der Waals surface area contributed by atoms with Gasteiger partial charge in [-0.3, -0.25) is 33.6 Å². The van der Waals surface area contributed by atoms with Crippen molar-refractivity contribution in [3.8, 4) is 0 Å². The number of morpholine rings is 1. The monoisotopic (exact) mass is 965 g/mol. The number of aliphatic hydroxyl groups is 1. The van der Waals surface area contributed by atoms with Gasteiger partial charge in [0.25, 0.3) is 24.1 Å². The van der Waals surface area contributed by atoms with E-state index < -0.39 is 64.0 Å². The van der Waals surface area contributed by atoms with E-state index in [2.05, 4.69) is 30.7 Å². The number of rotatable bonds is 17. The first-order valence-corrected chi connectivity index (χ1v) is 24.4. The van der Waals surface area contributed by atoms with Crippen LogP contribution in [0.1, 0.15) is 107 Å². The highest BCUT2D eigenvalue weighted by atomic mass is 32.2. The first-order valence-electron chi connectivity index (χ1n) is 22.8. The number of piperidine rings is 1. The number of anilines is 3. The van der Waals surface area contributed by atoms with Crippen LogP contribution in [0.15, 0.2) is 42.9 Å². The molecular weight excluding hydrogens is 913 g/mol. The number of imide groups is 1. The number of hydrogen-bond donors (Lipinski definition) is 3. The van der Waals surface area contributed by atoms with Gasteiger partial charge in [0.1, 0.15) is 17.6 Å². The molecule has 1 aliphatic carbocycles. The van der Waals surface area contributed by atoms with Gasteiger partial charge in [-0.2, -0.15) is 10.2 Å². The summed E-state index contributed by atoms with van der Waals surface area (Å²) in [6.07, 6.45) is 3.29. The van der Waals surface area contributed by atoms with E-state index >= 15 is 0 Å². The van der Waals surface area contributed by atoms with Gasteiger partial charge in [-0.05, 0) is 69.6 Å². The number of likely N-dealkylation sites (N-methyl/N-ethyl adjacent to an activating group) is 1. The molecule has 1 saturated carbocycles. The van der Waals surface area contributed by atoms with Crippen LogP contribution in [-0.4, -0.2) is 159 Å². The van der Waals surface area contributed by atoms with Crippen molar-refractivity contribution in [3.63, 3.8) is 0 Å². The lowest BCUT2D eigenvalue weighted by molar-refractivity contribution is -0.149. The van der Waals surface area contributed by atoms with Gasteiger partial charge < -0.3 is 35.0 Å². The molecule has 5 amide bonds. The molecule has 9 rings (SSSR count). The lowest BCUT2D eigenvalue weighted by Crippen LogP contribution is -2.57. The Labute approximate surface area is 389 Å². The van der Waals surface area contributed by atoms with Crippen LogP contribution in [0.3, 0.4) is 0 Å². The normalized spacial score (nSPS) is 23.9. The topological polar surface area (TPSA) is 243 Å². The SMILES string of the molecule is CN1C(=O)CCC(N2C(=O)c3cccc(NCCCOCCCS(=O)(=O)N(C)C(=O)[C@H]4CC[C@H](n5cc(NC(=O)c6cnn7ccc(N8C[C@H]9C[C@@H]8CO9)nc67)c(C(F)F)n5)CC4)c3C2=O)C1O. The summed E-state index contributed by atoms with van der Waals surface area (Å²) in [6, 6.07) is 5.62. The number of sulfonamides is 1. The molecule has 24 heteroatoms. The minimum atomic E-state index is -3.98. The number of nitrogens with zero attached hydrogens (tertiary/aromatic N) is 9. The molecule has 2 bridgehead atoms. The highest BCUT2D eigenvalue weighted by molar-refractivity contribution is 7.89. The third-order valence-corrected chi connectivity index (χ3v) is 15.5. The van der Waals surface area contributed by atoms with E-state index in [1.165, 1.54) is 35.7 Å². The van der Waals surface area contributed by atoms with Gasteiger partial charge >= 0.3 is 0 Å². The number of aliphatic hydroxyl groups excluding tert-OH is 1.